The van der Waals surface area contributed by atoms with Gasteiger partial charge in [0.15, 0.2) is 0 Å². The van der Waals surface area contributed by atoms with Gasteiger partial charge in [-0.15, -0.1) is 0 Å². The quantitative estimate of drug-likeness (QED) is 0.794. The first-order valence-electron chi connectivity index (χ1n) is 7.46. The van der Waals surface area contributed by atoms with Gasteiger partial charge in [0.2, 0.25) is 0 Å². The second kappa shape index (κ2) is 6.35. The highest BCUT2D eigenvalue weighted by Gasteiger charge is 2.34. The van der Waals surface area contributed by atoms with Gasteiger partial charge in [0.1, 0.15) is 0 Å². The van der Waals surface area contributed by atoms with Crippen molar-refractivity contribution in [2.24, 2.45) is 0 Å². The third-order valence-corrected chi connectivity index (χ3v) is 5.15. The molecule has 1 aliphatic rings. The summed E-state index contributed by atoms with van der Waals surface area (Å²) < 4.78 is 7.07. The fraction of sp³-hybridized carbons (Fsp3) is 0.625. The third-order valence-electron chi connectivity index (χ3n) is 4.50. The minimum absolute atomic E-state index is 0.0469. The molecule has 1 aromatic carbocycles. The van der Waals surface area contributed by atoms with E-state index in [9.17, 15) is 0 Å². The van der Waals surface area contributed by atoms with Crippen LogP contribution in [0.2, 0.25) is 0 Å². The standard InChI is InChI=1S/C16H25BrN2O/c1-4-16(5-2)10-12(6-7-20-16)19-15-8-11(3)14(18)9-13(15)17/h8-9,12,19H,4-7,10,18H2,1-3H3. The van der Waals surface area contributed by atoms with Crippen LogP contribution < -0.4 is 11.1 Å². The molecule has 1 heterocycles. The van der Waals surface area contributed by atoms with Gasteiger partial charge in [-0.25, -0.2) is 0 Å². The SMILES string of the molecule is CCC1(CC)CC(Nc2cc(C)c(N)cc2Br)CCO1. The summed E-state index contributed by atoms with van der Waals surface area (Å²) in [6.07, 6.45) is 4.26. The maximum absolute atomic E-state index is 6.03. The molecule has 3 nitrogen and oxygen atoms in total. The van der Waals surface area contributed by atoms with Crippen molar-refractivity contribution in [1.82, 2.24) is 0 Å². The molecule has 2 rings (SSSR count). The van der Waals surface area contributed by atoms with E-state index in [1.165, 1.54) is 0 Å². The van der Waals surface area contributed by atoms with Crippen molar-refractivity contribution in [3.05, 3.63) is 22.2 Å². The molecule has 0 saturated carbocycles. The molecule has 0 bridgehead atoms. The van der Waals surface area contributed by atoms with Crippen molar-refractivity contribution < 1.29 is 4.74 Å². The number of anilines is 2. The minimum atomic E-state index is 0.0469. The molecule has 0 aromatic heterocycles. The second-order valence-corrected chi connectivity index (χ2v) is 6.62. The van der Waals surface area contributed by atoms with Crippen LogP contribution in [0.25, 0.3) is 0 Å². The first-order valence-corrected chi connectivity index (χ1v) is 8.25. The molecule has 1 aliphatic heterocycles. The lowest BCUT2D eigenvalue weighted by Gasteiger charge is -2.40. The van der Waals surface area contributed by atoms with Crippen molar-refractivity contribution in [2.45, 2.75) is 58.1 Å². The number of aryl methyl sites for hydroxylation is 1. The lowest BCUT2D eigenvalue weighted by molar-refractivity contribution is -0.0864. The molecule has 1 saturated heterocycles. The molecule has 0 aliphatic carbocycles. The van der Waals surface area contributed by atoms with Crippen LogP contribution in [0.1, 0.15) is 45.1 Å². The normalized spacial score (nSPS) is 21.7. The van der Waals surface area contributed by atoms with Crippen LogP contribution >= 0.6 is 15.9 Å². The molecule has 1 unspecified atom stereocenters. The van der Waals surface area contributed by atoms with Gasteiger partial charge in [0.05, 0.1) is 5.60 Å². The Morgan fingerprint density at radius 2 is 2.10 bits per heavy atom. The van der Waals surface area contributed by atoms with Gasteiger partial charge in [-0.1, -0.05) is 13.8 Å². The van der Waals surface area contributed by atoms with Crippen LogP contribution in [0, 0.1) is 6.92 Å². The van der Waals surface area contributed by atoms with Gasteiger partial charge in [0, 0.05) is 28.5 Å². The monoisotopic (exact) mass is 340 g/mol. The van der Waals surface area contributed by atoms with E-state index < -0.39 is 0 Å². The zero-order valence-corrected chi connectivity index (χ0v) is 14.2. The second-order valence-electron chi connectivity index (χ2n) is 5.76. The Kier molecular flexibility index (Phi) is 4.97. The van der Waals surface area contributed by atoms with Gasteiger partial charge < -0.3 is 15.8 Å². The molecule has 1 aromatic rings. The maximum Gasteiger partial charge on any atom is 0.0696 e. The number of halogens is 1. The first kappa shape index (κ1) is 15.6. The number of hydrogen-bond acceptors (Lipinski definition) is 3. The Morgan fingerprint density at radius 3 is 2.75 bits per heavy atom. The average molecular weight is 341 g/mol. The van der Waals surface area contributed by atoms with E-state index in [0.29, 0.717) is 6.04 Å². The molecule has 0 amide bonds. The highest BCUT2D eigenvalue weighted by atomic mass is 79.9. The van der Waals surface area contributed by atoms with Crippen LogP contribution in [-0.2, 0) is 4.74 Å². The van der Waals surface area contributed by atoms with E-state index in [-0.39, 0.29) is 5.60 Å². The zero-order valence-electron chi connectivity index (χ0n) is 12.6. The van der Waals surface area contributed by atoms with Gasteiger partial charge >= 0.3 is 0 Å². The van der Waals surface area contributed by atoms with Gasteiger partial charge in [-0.3, -0.25) is 0 Å². The van der Waals surface area contributed by atoms with Crippen molar-refractivity contribution >= 4 is 27.3 Å². The summed E-state index contributed by atoms with van der Waals surface area (Å²) in [6.45, 7) is 7.31. The molecule has 112 valence electrons. The van der Waals surface area contributed by atoms with E-state index in [1.54, 1.807) is 0 Å². The number of hydrogen-bond donors (Lipinski definition) is 2. The fourth-order valence-corrected chi connectivity index (χ4v) is 3.40. The van der Waals surface area contributed by atoms with Crippen LogP contribution in [-0.4, -0.2) is 18.2 Å². The highest BCUT2D eigenvalue weighted by Crippen LogP contribution is 2.35. The van der Waals surface area contributed by atoms with Gasteiger partial charge in [0.25, 0.3) is 0 Å². The van der Waals surface area contributed by atoms with E-state index in [2.05, 4.69) is 41.2 Å². The number of rotatable bonds is 4. The molecular formula is C16H25BrN2O. The highest BCUT2D eigenvalue weighted by molar-refractivity contribution is 9.10. The summed E-state index contributed by atoms with van der Waals surface area (Å²) >= 11 is 3.60. The Labute approximate surface area is 130 Å². The number of nitrogen functional groups attached to an aromatic ring is 1. The maximum atomic E-state index is 6.03. The van der Waals surface area contributed by atoms with E-state index in [1.807, 2.05) is 13.0 Å². The Bertz CT molecular complexity index is 472. The van der Waals surface area contributed by atoms with Gasteiger partial charge in [-0.2, -0.15) is 0 Å². The summed E-state index contributed by atoms with van der Waals surface area (Å²) in [5.41, 5.74) is 9.04. The van der Waals surface area contributed by atoms with Crippen LogP contribution in [0.4, 0.5) is 11.4 Å². The molecule has 20 heavy (non-hydrogen) atoms. The van der Waals surface area contributed by atoms with E-state index >= 15 is 0 Å². The van der Waals surface area contributed by atoms with Crippen LogP contribution in [0.5, 0.6) is 0 Å². The molecular weight excluding hydrogens is 316 g/mol. The van der Waals surface area contributed by atoms with E-state index in [0.717, 1.165) is 53.7 Å². The Hall–Kier alpha value is -0.740. The topological polar surface area (TPSA) is 47.3 Å². The first-order chi connectivity index (χ1) is 9.49. The van der Waals surface area contributed by atoms with Crippen LogP contribution in [0.3, 0.4) is 0 Å². The van der Waals surface area contributed by atoms with E-state index in [4.69, 9.17) is 10.5 Å². The summed E-state index contributed by atoms with van der Waals surface area (Å²) in [4.78, 5) is 0. The van der Waals surface area contributed by atoms with Crippen molar-refractivity contribution in [1.29, 1.82) is 0 Å². The number of nitrogens with two attached hydrogens (primary N) is 1. The Balaban J connectivity index is 2.12. The summed E-state index contributed by atoms with van der Waals surface area (Å²) in [6, 6.07) is 4.56. The van der Waals surface area contributed by atoms with Crippen molar-refractivity contribution in [2.75, 3.05) is 17.7 Å². The zero-order chi connectivity index (χ0) is 14.8. The predicted octanol–water partition coefficient (Wildman–Crippen LogP) is 4.49. The predicted molar refractivity (Wildman–Crippen MR) is 89.2 cm³/mol. The molecule has 1 atom stereocenters. The largest absolute Gasteiger partial charge is 0.398 e. The van der Waals surface area contributed by atoms with Crippen LogP contribution in [0.15, 0.2) is 16.6 Å². The van der Waals surface area contributed by atoms with Crippen molar-refractivity contribution in [3.8, 4) is 0 Å². The third kappa shape index (κ3) is 3.29. The molecule has 3 N–H and O–H groups in total. The molecule has 1 fully saturated rings. The van der Waals surface area contributed by atoms with Crippen molar-refractivity contribution in [3.63, 3.8) is 0 Å². The number of benzene rings is 1. The number of nitrogens with one attached hydrogen (secondary N) is 1. The number of ether oxygens (including phenoxy) is 1. The smallest absolute Gasteiger partial charge is 0.0696 e. The molecule has 0 radical (unpaired) electrons. The summed E-state index contributed by atoms with van der Waals surface area (Å²) in [7, 11) is 0. The Morgan fingerprint density at radius 1 is 1.40 bits per heavy atom. The summed E-state index contributed by atoms with van der Waals surface area (Å²) in [5, 5.41) is 3.66. The summed E-state index contributed by atoms with van der Waals surface area (Å²) in [5.74, 6) is 0. The lowest BCUT2D eigenvalue weighted by atomic mass is 9.86. The lowest BCUT2D eigenvalue weighted by Crippen LogP contribution is -2.43. The fourth-order valence-electron chi connectivity index (χ4n) is 2.92. The van der Waals surface area contributed by atoms with Gasteiger partial charge in [-0.05, 0) is 66.2 Å². The molecule has 0 spiro atoms. The minimum Gasteiger partial charge on any atom is -0.398 e. The average Bonchev–Trinajstić information content (AvgIpc) is 2.45. The molecule has 4 heteroatoms.